The lowest BCUT2D eigenvalue weighted by molar-refractivity contribution is -0.122. The van der Waals surface area contributed by atoms with Crippen LogP contribution < -0.4 is 11.1 Å². The Kier molecular flexibility index (Phi) is 1.29. The summed E-state index contributed by atoms with van der Waals surface area (Å²) in [4.78, 5) is 24.5. The monoisotopic (exact) mass is 141 g/mol. The molecule has 0 radical (unpaired) electrons. The Labute approximate surface area is 57.3 Å². The number of nitrogens with one attached hydrogen (secondary N) is 1. The molecule has 0 saturated heterocycles. The molecule has 1 rings (SSSR count). The molecule has 1 aliphatic rings. The van der Waals surface area contributed by atoms with E-state index in [0.717, 1.165) is 6.21 Å². The van der Waals surface area contributed by atoms with Crippen molar-refractivity contribution < 1.29 is 9.59 Å². The van der Waals surface area contributed by atoms with E-state index < -0.39 is 17.5 Å². The smallest absolute Gasteiger partial charge is 0.313 e. The fraction of sp³-hybridized carbons (Fsp3) is 0.400. The first-order valence-electron chi connectivity index (χ1n) is 2.72. The van der Waals surface area contributed by atoms with Crippen LogP contribution in [-0.4, -0.2) is 23.7 Å². The van der Waals surface area contributed by atoms with Crippen LogP contribution in [0.15, 0.2) is 4.99 Å². The highest BCUT2D eigenvalue weighted by Gasteiger charge is 2.31. The van der Waals surface area contributed by atoms with E-state index in [9.17, 15) is 9.59 Å². The van der Waals surface area contributed by atoms with Gasteiger partial charge in [-0.15, -0.1) is 0 Å². The molecule has 1 atom stereocenters. The van der Waals surface area contributed by atoms with E-state index in [1.54, 1.807) is 0 Å². The molecule has 3 N–H and O–H groups in total. The van der Waals surface area contributed by atoms with Crippen LogP contribution in [0.4, 0.5) is 4.79 Å². The minimum absolute atomic E-state index is 0.521. The number of nitrogens with two attached hydrogens (primary N) is 1. The normalized spacial score (nSPS) is 32.2. The molecule has 0 aromatic heterocycles. The molecule has 0 aliphatic carbocycles. The second-order valence-corrected chi connectivity index (χ2v) is 2.30. The highest BCUT2D eigenvalue weighted by atomic mass is 16.2. The summed E-state index contributed by atoms with van der Waals surface area (Å²) in [6, 6.07) is -0.659. The van der Waals surface area contributed by atoms with E-state index in [4.69, 9.17) is 5.73 Å². The Morgan fingerprint density at radius 1 is 1.70 bits per heavy atom. The average molecular weight is 141 g/mol. The largest absolute Gasteiger partial charge is 0.347 e. The molecule has 10 heavy (non-hydrogen) atoms. The van der Waals surface area contributed by atoms with Gasteiger partial charge in [-0.2, -0.15) is 0 Å². The maximum Gasteiger partial charge on any atom is 0.347 e. The molecule has 0 spiro atoms. The number of hydrogen-bond acceptors (Lipinski definition) is 3. The van der Waals surface area contributed by atoms with Gasteiger partial charge in [-0.25, -0.2) is 9.79 Å². The van der Waals surface area contributed by atoms with Crippen molar-refractivity contribution in [2.24, 2.45) is 10.7 Å². The first-order valence-corrected chi connectivity index (χ1v) is 2.72. The van der Waals surface area contributed by atoms with Crippen LogP contribution in [0.25, 0.3) is 0 Å². The number of carbonyl (C=O) groups is 2. The summed E-state index contributed by atoms with van der Waals surface area (Å²) in [6.45, 7) is 1.47. The molecular formula is C5H7N3O2. The zero-order valence-electron chi connectivity index (χ0n) is 5.42. The van der Waals surface area contributed by atoms with Crippen molar-refractivity contribution in [3.8, 4) is 0 Å². The van der Waals surface area contributed by atoms with Crippen molar-refractivity contribution in [3.05, 3.63) is 0 Å². The summed E-state index contributed by atoms with van der Waals surface area (Å²) < 4.78 is 0. The molecular weight excluding hydrogens is 134 g/mol. The third-order valence-corrected chi connectivity index (χ3v) is 1.16. The highest BCUT2D eigenvalue weighted by Crippen LogP contribution is 1.99. The minimum Gasteiger partial charge on any atom is -0.313 e. The predicted molar refractivity (Wildman–Crippen MR) is 34.6 cm³/mol. The molecule has 0 aromatic rings. The lowest BCUT2D eigenvalue weighted by Gasteiger charge is -2.20. The van der Waals surface area contributed by atoms with E-state index in [1.165, 1.54) is 6.92 Å². The number of imide groups is 1. The molecule has 1 heterocycles. The lowest BCUT2D eigenvalue weighted by Crippen LogP contribution is -2.56. The number of nitrogens with zero attached hydrogens (tertiary/aromatic N) is 1. The van der Waals surface area contributed by atoms with Gasteiger partial charge in [0.25, 0.3) is 5.91 Å². The van der Waals surface area contributed by atoms with Gasteiger partial charge in [0.15, 0.2) is 0 Å². The molecule has 0 bridgehead atoms. The first kappa shape index (κ1) is 6.88. The summed E-state index contributed by atoms with van der Waals surface area (Å²) in [5.41, 5.74) is 4.23. The third kappa shape index (κ3) is 1.03. The predicted octanol–water partition coefficient (Wildman–Crippen LogP) is -0.976. The van der Waals surface area contributed by atoms with Gasteiger partial charge in [0.2, 0.25) is 0 Å². The van der Waals surface area contributed by atoms with Crippen molar-refractivity contribution >= 4 is 18.2 Å². The lowest BCUT2D eigenvalue weighted by atomic mass is 10.0. The van der Waals surface area contributed by atoms with Crippen LogP contribution in [0.3, 0.4) is 0 Å². The number of amides is 3. The quantitative estimate of drug-likeness (QED) is 0.455. The summed E-state index contributed by atoms with van der Waals surface area (Å²) in [5.74, 6) is -0.521. The van der Waals surface area contributed by atoms with Gasteiger partial charge < -0.3 is 5.73 Å². The average Bonchev–Trinajstić information content (AvgIpc) is 1.81. The van der Waals surface area contributed by atoms with Crippen molar-refractivity contribution in [1.82, 2.24) is 5.32 Å². The van der Waals surface area contributed by atoms with E-state index in [2.05, 4.69) is 4.99 Å². The molecule has 0 saturated carbocycles. The summed E-state index contributed by atoms with van der Waals surface area (Å²) >= 11 is 0. The maximum absolute atomic E-state index is 10.8. The van der Waals surface area contributed by atoms with Crippen LogP contribution in [0, 0.1) is 0 Å². The van der Waals surface area contributed by atoms with Crippen molar-refractivity contribution in [3.63, 3.8) is 0 Å². The molecule has 54 valence electrons. The highest BCUT2D eigenvalue weighted by molar-refractivity contribution is 6.14. The second-order valence-electron chi connectivity index (χ2n) is 2.30. The topological polar surface area (TPSA) is 84.5 Å². The minimum atomic E-state index is -1.14. The van der Waals surface area contributed by atoms with Gasteiger partial charge >= 0.3 is 6.03 Å². The maximum atomic E-state index is 10.8. The summed E-state index contributed by atoms with van der Waals surface area (Å²) in [5, 5.41) is 1.97. The fourth-order valence-corrected chi connectivity index (χ4v) is 0.515. The number of urea groups is 1. The van der Waals surface area contributed by atoms with E-state index in [0.29, 0.717) is 0 Å². The molecule has 5 nitrogen and oxygen atoms in total. The van der Waals surface area contributed by atoms with Gasteiger partial charge in [-0.05, 0) is 6.92 Å². The fourth-order valence-electron chi connectivity index (χ4n) is 0.515. The van der Waals surface area contributed by atoms with Crippen LogP contribution in [-0.2, 0) is 4.79 Å². The number of hydrogen-bond donors (Lipinski definition) is 2. The zero-order chi connectivity index (χ0) is 7.78. The summed E-state index contributed by atoms with van der Waals surface area (Å²) in [6.07, 6.45) is 1.13. The van der Waals surface area contributed by atoms with E-state index >= 15 is 0 Å². The molecule has 0 fully saturated rings. The van der Waals surface area contributed by atoms with E-state index in [1.807, 2.05) is 5.32 Å². The van der Waals surface area contributed by atoms with Crippen LogP contribution in [0.1, 0.15) is 6.92 Å². The molecule has 0 aromatic carbocycles. The molecule has 1 aliphatic heterocycles. The Hall–Kier alpha value is -1.23. The van der Waals surface area contributed by atoms with Crippen LogP contribution in [0.5, 0.6) is 0 Å². The number of rotatable bonds is 0. The zero-order valence-corrected chi connectivity index (χ0v) is 5.42. The van der Waals surface area contributed by atoms with Gasteiger partial charge in [-0.1, -0.05) is 0 Å². The van der Waals surface area contributed by atoms with Crippen molar-refractivity contribution in [1.29, 1.82) is 0 Å². The first-order chi connectivity index (χ1) is 4.52. The van der Waals surface area contributed by atoms with Gasteiger partial charge in [0.05, 0.1) is 0 Å². The third-order valence-electron chi connectivity index (χ3n) is 1.16. The Morgan fingerprint density at radius 3 is 2.70 bits per heavy atom. The number of carbonyl (C=O) groups excluding carboxylic acids is 2. The van der Waals surface area contributed by atoms with Gasteiger partial charge in [0.1, 0.15) is 5.54 Å². The Bertz CT molecular complexity index is 219. The molecule has 3 amide bonds. The van der Waals surface area contributed by atoms with Crippen molar-refractivity contribution in [2.75, 3.05) is 0 Å². The standard InChI is InChI=1S/C5H7N3O2/c1-5(6)2-7-4(10)8-3(5)9/h2H,6H2,1H3,(H,8,9,10). The number of aliphatic imine (C=N–C) groups is 1. The van der Waals surface area contributed by atoms with Gasteiger partial charge in [-0.3, -0.25) is 10.1 Å². The van der Waals surface area contributed by atoms with E-state index in [-0.39, 0.29) is 0 Å². The summed E-state index contributed by atoms with van der Waals surface area (Å²) in [7, 11) is 0. The Balaban J connectivity index is 2.93. The Morgan fingerprint density at radius 2 is 2.30 bits per heavy atom. The van der Waals surface area contributed by atoms with Gasteiger partial charge in [0, 0.05) is 6.21 Å². The van der Waals surface area contributed by atoms with Crippen LogP contribution in [0.2, 0.25) is 0 Å². The second kappa shape index (κ2) is 1.88. The molecule has 1 unspecified atom stereocenters. The van der Waals surface area contributed by atoms with Crippen LogP contribution >= 0.6 is 0 Å². The molecule has 5 heteroatoms. The SMILES string of the molecule is CC1(N)C=NC(=O)NC1=O. The van der Waals surface area contributed by atoms with Crippen molar-refractivity contribution in [2.45, 2.75) is 12.5 Å².